The van der Waals surface area contributed by atoms with Crippen LogP contribution in [0.25, 0.3) is 0 Å². The fourth-order valence-corrected chi connectivity index (χ4v) is 1.51. The van der Waals surface area contributed by atoms with Crippen LogP contribution in [0.2, 0.25) is 0 Å². The number of hydrogen-bond acceptors (Lipinski definition) is 3. The molecule has 0 unspecified atom stereocenters. The number of hydrogen-bond donors (Lipinski definition) is 0. The van der Waals surface area contributed by atoms with Gasteiger partial charge >= 0.3 is 5.97 Å². The summed E-state index contributed by atoms with van der Waals surface area (Å²) in [6.07, 6.45) is -0.514. The fraction of sp³-hybridized carbons (Fsp3) is 0.385. The lowest BCUT2D eigenvalue weighted by atomic mass is 10.0. The maximum atomic E-state index is 13.6. The summed E-state index contributed by atoms with van der Waals surface area (Å²) in [6.45, 7) is 1.50. The molecule has 1 aromatic carbocycles. The number of rotatable bonds is 5. The van der Waals surface area contributed by atoms with Gasteiger partial charge in [0.1, 0.15) is 17.4 Å². The second kappa shape index (κ2) is 6.23. The van der Waals surface area contributed by atoms with Crippen LogP contribution < -0.4 is 0 Å². The minimum absolute atomic E-state index is 0.0790. The normalized spacial score (nSPS) is 10.2. The topological polar surface area (TPSA) is 43.4 Å². The number of carbonyl (C=O) groups excluding carboxylic acids is 2. The van der Waals surface area contributed by atoms with Crippen molar-refractivity contribution in [2.45, 2.75) is 26.2 Å². The molecular formula is C13H14F2O3. The Morgan fingerprint density at radius 1 is 1.22 bits per heavy atom. The molecule has 1 aromatic rings. The number of methoxy groups -OCH3 is 1. The van der Waals surface area contributed by atoms with E-state index in [1.807, 2.05) is 0 Å². The van der Waals surface area contributed by atoms with Crippen LogP contribution >= 0.6 is 0 Å². The summed E-state index contributed by atoms with van der Waals surface area (Å²) in [5.41, 5.74) is 0.0389. The first-order valence-electron chi connectivity index (χ1n) is 5.47. The molecule has 18 heavy (non-hydrogen) atoms. The van der Waals surface area contributed by atoms with Gasteiger partial charge in [-0.15, -0.1) is 0 Å². The number of ketones is 1. The minimum atomic E-state index is -0.746. The van der Waals surface area contributed by atoms with Crippen LogP contribution in [0.1, 0.15) is 24.0 Å². The molecule has 0 atom stereocenters. The van der Waals surface area contributed by atoms with Crippen molar-refractivity contribution in [1.29, 1.82) is 0 Å². The van der Waals surface area contributed by atoms with Gasteiger partial charge in [0.15, 0.2) is 0 Å². The summed E-state index contributed by atoms with van der Waals surface area (Å²) < 4.78 is 31.4. The van der Waals surface area contributed by atoms with Crippen molar-refractivity contribution in [1.82, 2.24) is 0 Å². The van der Waals surface area contributed by atoms with Crippen molar-refractivity contribution in [2.75, 3.05) is 7.11 Å². The van der Waals surface area contributed by atoms with E-state index in [1.165, 1.54) is 20.1 Å². The third-order valence-corrected chi connectivity index (χ3v) is 2.59. The maximum Gasteiger partial charge on any atom is 0.305 e. The average molecular weight is 256 g/mol. The fourth-order valence-electron chi connectivity index (χ4n) is 1.51. The van der Waals surface area contributed by atoms with Gasteiger partial charge in [-0.3, -0.25) is 9.59 Å². The predicted octanol–water partition coefficient (Wildman–Crippen LogP) is 2.34. The molecule has 0 aliphatic carbocycles. The van der Waals surface area contributed by atoms with Gasteiger partial charge < -0.3 is 4.74 Å². The van der Waals surface area contributed by atoms with Gasteiger partial charge in [0, 0.05) is 18.4 Å². The summed E-state index contributed by atoms with van der Waals surface area (Å²) in [7, 11) is 1.21. The molecule has 0 bridgehead atoms. The number of aryl methyl sites for hydroxylation is 1. The lowest BCUT2D eigenvalue weighted by Crippen LogP contribution is -2.10. The van der Waals surface area contributed by atoms with Gasteiger partial charge in [-0.05, 0) is 18.6 Å². The number of esters is 1. The van der Waals surface area contributed by atoms with Gasteiger partial charge in [0.25, 0.3) is 0 Å². The Kier molecular flexibility index (Phi) is 4.95. The smallest absolute Gasteiger partial charge is 0.305 e. The van der Waals surface area contributed by atoms with Crippen molar-refractivity contribution >= 4 is 11.8 Å². The van der Waals surface area contributed by atoms with E-state index < -0.39 is 23.4 Å². The van der Waals surface area contributed by atoms with Gasteiger partial charge in [-0.2, -0.15) is 0 Å². The van der Waals surface area contributed by atoms with E-state index in [4.69, 9.17) is 0 Å². The summed E-state index contributed by atoms with van der Waals surface area (Å²) in [5, 5.41) is 0. The molecular weight excluding hydrogens is 242 g/mol. The molecule has 0 saturated heterocycles. The second-order valence-electron chi connectivity index (χ2n) is 3.95. The molecule has 0 fully saturated rings. The monoisotopic (exact) mass is 256 g/mol. The second-order valence-corrected chi connectivity index (χ2v) is 3.95. The molecule has 0 heterocycles. The largest absolute Gasteiger partial charge is 0.469 e. The molecule has 0 saturated carbocycles. The molecule has 1 rings (SSSR count). The molecule has 0 aromatic heterocycles. The number of Topliss-reactive ketones (excluding diaryl/α,β-unsaturated/α-hetero) is 1. The molecule has 0 N–H and O–H groups in total. The van der Waals surface area contributed by atoms with Crippen LogP contribution in [0.4, 0.5) is 8.78 Å². The first-order chi connectivity index (χ1) is 8.45. The Labute approximate surface area is 104 Å². The van der Waals surface area contributed by atoms with Gasteiger partial charge in [-0.1, -0.05) is 6.07 Å². The zero-order valence-corrected chi connectivity index (χ0v) is 10.3. The van der Waals surface area contributed by atoms with Crippen molar-refractivity contribution < 1.29 is 23.1 Å². The zero-order chi connectivity index (χ0) is 13.7. The van der Waals surface area contributed by atoms with Gasteiger partial charge in [0.05, 0.1) is 13.5 Å². The molecule has 0 aliphatic heterocycles. The van der Waals surface area contributed by atoms with Crippen LogP contribution in [0.5, 0.6) is 0 Å². The average Bonchev–Trinajstić information content (AvgIpc) is 2.36. The van der Waals surface area contributed by atoms with Crippen LogP contribution in [-0.4, -0.2) is 18.9 Å². The summed E-state index contributed by atoms with van der Waals surface area (Å²) in [5.74, 6) is -2.37. The third kappa shape index (κ3) is 3.61. The Morgan fingerprint density at radius 2 is 1.89 bits per heavy atom. The zero-order valence-electron chi connectivity index (χ0n) is 10.3. The van der Waals surface area contributed by atoms with Crippen molar-refractivity contribution in [3.8, 4) is 0 Å². The highest BCUT2D eigenvalue weighted by Gasteiger charge is 2.16. The molecule has 5 heteroatoms. The van der Waals surface area contributed by atoms with Crippen molar-refractivity contribution in [3.05, 3.63) is 34.9 Å². The number of benzene rings is 1. The van der Waals surface area contributed by atoms with E-state index in [1.54, 1.807) is 0 Å². The summed E-state index contributed by atoms with van der Waals surface area (Å²) in [4.78, 5) is 22.3. The molecule has 0 spiro atoms. The van der Waals surface area contributed by atoms with E-state index in [9.17, 15) is 18.4 Å². The quantitative estimate of drug-likeness (QED) is 0.759. The van der Waals surface area contributed by atoms with Crippen LogP contribution in [0.3, 0.4) is 0 Å². The molecule has 0 radical (unpaired) electrons. The Morgan fingerprint density at radius 3 is 2.50 bits per heavy atom. The van der Waals surface area contributed by atoms with Crippen molar-refractivity contribution in [3.63, 3.8) is 0 Å². The molecule has 98 valence electrons. The number of carbonyl (C=O) groups is 2. The van der Waals surface area contributed by atoms with Crippen LogP contribution in [0.15, 0.2) is 12.1 Å². The highest BCUT2D eigenvalue weighted by Crippen LogP contribution is 2.17. The van der Waals surface area contributed by atoms with Crippen molar-refractivity contribution in [2.24, 2.45) is 0 Å². The highest BCUT2D eigenvalue weighted by molar-refractivity contribution is 5.84. The first-order valence-corrected chi connectivity index (χ1v) is 5.47. The maximum absolute atomic E-state index is 13.6. The molecule has 3 nitrogen and oxygen atoms in total. The molecule has 0 aliphatic rings. The van der Waals surface area contributed by atoms with Crippen LogP contribution in [-0.2, 0) is 20.7 Å². The molecule has 0 amide bonds. The highest BCUT2D eigenvalue weighted by atomic mass is 19.1. The number of ether oxygens (including phenoxy) is 1. The minimum Gasteiger partial charge on any atom is -0.469 e. The SMILES string of the molecule is COC(=O)CCC(=O)Cc1c(F)ccc(C)c1F. The lowest BCUT2D eigenvalue weighted by Gasteiger charge is -2.06. The van der Waals surface area contributed by atoms with Gasteiger partial charge in [-0.25, -0.2) is 8.78 Å². The lowest BCUT2D eigenvalue weighted by molar-refractivity contribution is -0.141. The van der Waals surface area contributed by atoms with Gasteiger partial charge in [0.2, 0.25) is 0 Å². The Hall–Kier alpha value is -1.78. The first kappa shape index (κ1) is 14.3. The predicted molar refractivity (Wildman–Crippen MR) is 61.1 cm³/mol. The number of halogens is 2. The van der Waals surface area contributed by atoms with E-state index in [0.717, 1.165) is 6.07 Å². The van der Waals surface area contributed by atoms with Crippen LogP contribution in [0, 0.1) is 18.6 Å². The van der Waals surface area contributed by atoms with E-state index >= 15 is 0 Å². The third-order valence-electron chi connectivity index (χ3n) is 2.59. The summed E-state index contributed by atoms with van der Waals surface area (Å²) >= 11 is 0. The summed E-state index contributed by atoms with van der Waals surface area (Å²) in [6, 6.07) is 2.44. The Bertz CT molecular complexity index is 470. The standard InChI is InChI=1S/C13H14F2O3/c1-8-3-5-11(14)10(13(8)15)7-9(16)4-6-12(17)18-2/h3,5H,4,6-7H2,1-2H3. The van der Waals surface area contributed by atoms with E-state index in [0.29, 0.717) is 0 Å². The Balaban J connectivity index is 2.70. The van der Waals surface area contributed by atoms with E-state index in [2.05, 4.69) is 4.74 Å². The van der Waals surface area contributed by atoms with E-state index in [-0.39, 0.29) is 30.4 Å².